The Morgan fingerprint density at radius 3 is 1.68 bits per heavy atom. The Kier molecular flexibility index (Phi) is 12.0. The first-order valence-corrected chi connectivity index (χ1v) is 15.4. The van der Waals surface area contributed by atoms with Crippen LogP contribution in [-0.2, 0) is 34.9 Å². The van der Waals surface area contributed by atoms with Gasteiger partial charge in [-0.1, -0.05) is 126 Å². The van der Waals surface area contributed by atoms with Crippen molar-refractivity contribution >= 4 is 33.7 Å². The fourth-order valence-electron chi connectivity index (χ4n) is 3.91. The molecule has 0 aliphatic heterocycles. The van der Waals surface area contributed by atoms with Crippen molar-refractivity contribution in [3.8, 4) is 0 Å². The Morgan fingerprint density at radius 1 is 0.605 bits per heavy atom. The van der Waals surface area contributed by atoms with Crippen LogP contribution in [0.25, 0.3) is 0 Å². The standard InChI is InChI=1S/C32H36N2O2P2/c35-32(21-26-11-15-30(16-12-26)37-23-28-7-3-1-4-8-28)34-20-19-33-25-36-22-27-13-17-31(18-14-27)38-24-29-9-5-2-6-10-29/h1-18,33,37-38H,19-25H2,(H,34,35). The molecule has 4 rings (SSSR count). The molecule has 0 aliphatic rings. The molecule has 2 unspecified atom stereocenters. The molecular formula is C32H36N2O2P2. The molecule has 0 heterocycles. The van der Waals surface area contributed by atoms with Crippen molar-refractivity contribution in [3.05, 3.63) is 131 Å². The molecule has 0 aliphatic carbocycles. The fraction of sp³-hybridized carbons (Fsp3) is 0.219. The average Bonchev–Trinajstić information content (AvgIpc) is 2.97. The Hall–Kier alpha value is -2.87. The molecule has 0 radical (unpaired) electrons. The zero-order valence-corrected chi connectivity index (χ0v) is 23.7. The quantitative estimate of drug-likeness (QED) is 0.125. The van der Waals surface area contributed by atoms with E-state index >= 15 is 0 Å². The highest BCUT2D eigenvalue weighted by Gasteiger charge is 2.04. The molecule has 2 N–H and O–H groups in total. The molecule has 0 fully saturated rings. The summed E-state index contributed by atoms with van der Waals surface area (Å²) in [5.74, 6) is 0.0419. The molecule has 4 aromatic rings. The normalized spacial score (nSPS) is 11.5. The van der Waals surface area contributed by atoms with Crippen LogP contribution in [0.4, 0.5) is 0 Å². The molecule has 38 heavy (non-hydrogen) atoms. The van der Waals surface area contributed by atoms with Crippen molar-refractivity contribution in [3.63, 3.8) is 0 Å². The van der Waals surface area contributed by atoms with Crippen molar-refractivity contribution in [2.75, 3.05) is 19.8 Å². The summed E-state index contributed by atoms with van der Waals surface area (Å²) in [6.45, 7) is 2.28. The lowest BCUT2D eigenvalue weighted by atomic mass is 10.1. The predicted molar refractivity (Wildman–Crippen MR) is 163 cm³/mol. The van der Waals surface area contributed by atoms with Gasteiger partial charge in [0.1, 0.15) is 0 Å². The summed E-state index contributed by atoms with van der Waals surface area (Å²) in [7, 11) is 1.51. The van der Waals surface area contributed by atoms with E-state index in [1.807, 2.05) is 6.07 Å². The maximum absolute atomic E-state index is 12.3. The minimum atomic E-state index is 0.0419. The summed E-state index contributed by atoms with van der Waals surface area (Å²) in [5, 5.41) is 8.89. The Balaban J connectivity index is 1.03. The Bertz CT molecular complexity index is 1220. The number of ether oxygens (including phenoxy) is 1. The molecule has 1 amide bonds. The van der Waals surface area contributed by atoms with E-state index in [2.05, 4.69) is 114 Å². The van der Waals surface area contributed by atoms with Crippen molar-refractivity contribution in [1.82, 2.24) is 10.6 Å². The van der Waals surface area contributed by atoms with Gasteiger partial charge >= 0.3 is 0 Å². The monoisotopic (exact) mass is 542 g/mol. The third-order valence-corrected chi connectivity index (χ3v) is 8.70. The van der Waals surface area contributed by atoms with Crippen LogP contribution in [0.5, 0.6) is 0 Å². The number of hydrogen-bond donors (Lipinski definition) is 2. The highest BCUT2D eigenvalue weighted by molar-refractivity contribution is 7.46. The lowest BCUT2D eigenvalue weighted by molar-refractivity contribution is -0.120. The average molecular weight is 543 g/mol. The van der Waals surface area contributed by atoms with Crippen LogP contribution in [0.15, 0.2) is 109 Å². The fourth-order valence-corrected chi connectivity index (χ4v) is 6.00. The number of carbonyl (C=O) groups excluding carboxylic acids is 1. The minimum Gasteiger partial charge on any atom is -0.362 e. The summed E-state index contributed by atoms with van der Waals surface area (Å²) in [5.41, 5.74) is 4.95. The topological polar surface area (TPSA) is 50.4 Å². The van der Waals surface area contributed by atoms with Crippen molar-refractivity contribution < 1.29 is 9.53 Å². The van der Waals surface area contributed by atoms with Gasteiger partial charge < -0.3 is 10.1 Å². The zero-order chi connectivity index (χ0) is 26.3. The minimum absolute atomic E-state index is 0.0419. The van der Waals surface area contributed by atoms with E-state index in [4.69, 9.17) is 4.74 Å². The summed E-state index contributed by atoms with van der Waals surface area (Å²) in [6, 6.07) is 38.2. The summed E-state index contributed by atoms with van der Waals surface area (Å²) < 4.78 is 5.73. The number of benzene rings is 4. The third kappa shape index (κ3) is 10.5. The molecule has 0 aromatic heterocycles. The second-order valence-corrected chi connectivity index (χ2v) is 11.7. The first-order valence-electron chi connectivity index (χ1n) is 13.0. The lowest BCUT2D eigenvalue weighted by Crippen LogP contribution is -2.33. The van der Waals surface area contributed by atoms with E-state index < -0.39 is 0 Å². The van der Waals surface area contributed by atoms with Crippen LogP contribution in [0, 0.1) is 0 Å². The second-order valence-electron chi connectivity index (χ2n) is 9.09. The van der Waals surface area contributed by atoms with Crippen LogP contribution in [0.2, 0.25) is 0 Å². The summed E-state index contributed by atoms with van der Waals surface area (Å²) in [4.78, 5) is 12.3. The molecular weight excluding hydrogens is 506 g/mol. The number of hydrogen-bond acceptors (Lipinski definition) is 3. The van der Waals surface area contributed by atoms with Crippen LogP contribution < -0.4 is 21.2 Å². The molecule has 4 aromatic carbocycles. The van der Waals surface area contributed by atoms with E-state index in [0.29, 0.717) is 32.8 Å². The first kappa shape index (κ1) is 28.1. The Labute approximate surface area is 230 Å². The summed E-state index contributed by atoms with van der Waals surface area (Å²) >= 11 is 0. The van der Waals surface area contributed by atoms with Crippen LogP contribution >= 0.6 is 17.2 Å². The van der Waals surface area contributed by atoms with Gasteiger partial charge in [-0.05, 0) is 45.2 Å². The third-order valence-electron chi connectivity index (χ3n) is 6.05. The van der Waals surface area contributed by atoms with E-state index in [-0.39, 0.29) is 5.91 Å². The molecule has 2 atom stereocenters. The van der Waals surface area contributed by atoms with E-state index in [9.17, 15) is 4.79 Å². The van der Waals surface area contributed by atoms with E-state index in [1.54, 1.807) is 0 Å². The highest BCUT2D eigenvalue weighted by atomic mass is 31.1. The van der Waals surface area contributed by atoms with Crippen LogP contribution in [0.1, 0.15) is 22.3 Å². The SMILES string of the molecule is O=C(Cc1ccc(PCc2ccccc2)cc1)NCCNCOCc1ccc(PCc2ccccc2)cc1. The smallest absolute Gasteiger partial charge is 0.224 e. The second kappa shape index (κ2) is 16.2. The van der Waals surface area contributed by atoms with Gasteiger partial charge in [0.2, 0.25) is 5.91 Å². The van der Waals surface area contributed by atoms with Crippen LogP contribution in [0.3, 0.4) is 0 Å². The number of carbonyl (C=O) groups is 1. The van der Waals surface area contributed by atoms with Gasteiger partial charge in [0, 0.05) is 13.1 Å². The molecule has 6 heteroatoms. The lowest BCUT2D eigenvalue weighted by Gasteiger charge is -2.09. The van der Waals surface area contributed by atoms with E-state index in [0.717, 1.165) is 35.0 Å². The predicted octanol–water partition coefficient (Wildman–Crippen LogP) is 5.12. The van der Waals surface area contributed by atoms with Crippen molar-refractivity contribution in [2.24, 2.45) is 0 Å². The number of amides is 1. The number of nitrogens with one attached hydrogen (secondary N) is 2. The van der Waals surface area contributed by atoms with Gasteiger partial charge in [-0.3, -0.25) is 10.1 Å². The molecule has 0 bridgehead atoms. The first-order chi connectivity index (χ1) is 18.7. The largest absolute Gasteiger partial charge is 0.362 e. The molecule has 0 saturated carbocycles. The molecule has 0 saturated heterocycles. The highest BCUT2D eigenvalue weighted by Crippen LogP contribution is 2.19. The van der Waals surface area contributed by atoms with Gasteiger partial charge in [-0.2, -0.15) is 0 Å². The maximum Gasteiger partial charge on any atom is 0.224 e. The molecule has 4 nitrogen and oxygen atoms in total. The van der Waals surface area contributed by atoms with Gasteiger partial charge in [0.25, 0.3) is 0 Å². The molecule has 196 valence electrons. The summed E-state index contributed by atoms with van der Waals surface area (Å²) in [6.07, 6.45) is 2.54. The zero-order valence-electron chi connectivity index (χ0n) is 21.7. The van der Waals surface area contributed by atoms with E-state index in [1.165, 1.54) is 27.3 Å². The van der Waals surface area contributed by atoms with Gasteiger partial charge in [-0.15, -0.1) is 0 Å². The Morgan fingerprint density at radius 2 is 1.13 bits per heavy atom. The van der Waals surface area contributed by atoms with Gasteiger partial charge in [0.05, 0.1) is 19.8 Å². The van der Waals surface area contributed by atoms with Gasteiger partial charge in [-0.25, -0.2) is 0 Å². The number of rotatable bonds is 15. The van der Waals surface area contributed by atoms with Gasteiger partial charge in [0.15, 0.2) is 0 Å². The van der Waals surface area contributed by atoms with Crippen LogP contribution in [-0.4, -0.2) is 25.7 Å². The molecule has 0 spiro atoms. The van der Waals surface area contributed by atoms with Crippen molar-refractivity contribution in [2.45, 2.75) is 25.4 Å². The maximum atomic E-state index is 12.3. The van der Waals surface area contributed by atoms with Crippen molar-refractivity contribution in [1.29, 1.82) is 0 Å².